The Labute approximate surface area is 163 Å². The van der Waals surface area contributed by atoms with Gasteiger partial charge in [-0.25, -0.2) is 9.59 Å². The van der Waals surface area contributed by atoms with E-state index in [0.29, 0.717) is 34.8 Å². The molecule has 0 radical (unpaired) electrons. The Balaban J connectivity index is 1.69. The number of rotatable bonds is 7. The summed E-state index contributed by atoms with van der Waals surface area (Å²) in [5.74, 6) is 2.34. The highest BCUT2D eigenvalue weighted by molar-refractivity contribution is 5.87. The van der Waals surface area contributed by atoms with E-state index in [-0.39, 0.29) is 23.6 Å². The number of hydrogen-bond acceptors (Lipinski definition) is 4. The number of esters is 2. The molecular formula is C23H34O4. The Bertz CT molecular complexity index is 651. The highest BCUT2D eigenvalue weighted by Gasteiger charge is 2.60. The number of hydrogen-bond donors (Lipinski definition) is 0. The average molecular weight is 375 g/mol. The lowest BCUT2D eigenvalue weighted by Crippen LogP contribution is -2.61. The molecule has 7 atom stereocenters. The largest absolute Gasteiger partial charge is 0.459 e. The minimum atomic E-state index is -0.383. The van der Waals surface area contributed by atoms with Crippen molar-refractivity contribution < 1.29 is 19.1 Å². The summed E-state index contributed by atoms with van der Waals surface area (Å²) in [6.07, 6.45) is 6.54. The first kappa shape index (κ1) is 20.2. The van der Waals surface area contributed by atoms with E-state index >= 15 is 0 Å². The molecule has 150 valence electrons. The predicted molar refractivity (Wildman–Crippen MR) is 105 cm³/mol. The van der Waals surface area contributed by atoms with Crippen molar-refractivity contribution >= 4 is 11.9 Å². The van der Waals surface area contributed by atoms with Crippen molar-refractivity contribution in [3.8, 4) is 0 Å². The van der Waals surface area contributed by atoms with Crippen LogP contribution < -0.4 is 0 Å². The van der Waals surface area contributed by atoms with Gasteiger partial charge in [0.15, 0.2) is 0 Å². The second-order valence-corrected chi connectivity index (χ2v) is 9.46. The summed E-state index contributed by atoms with van der Waals surface area (Å²) in [4.78, 5) is 24.1. The number of carbonyl (C=O) groups excluding carboxylic acids is 2. The first-order chi connectivity index (χ1) is 12.6. The van der Waals surface area contributed by atoms with Crippen molar-refractivity contribution in [2.75, 3.05) is 0 Å². The summed E-state index contributed by atoms with van der Waals surface area (Å²) in [5.41, 5.74) is 0.531. The zero-order chi connectivity index (χ0) is 19.9. The molecule has 0 saturated heterocycles. The van der Waals surface area contributed by atoms with Gasteiger partial charge in [-0.2, -0.15) is 0 Å². The molecule has 0 N–H and O–H groups in total. The zero-order valence-corrected chi connectivity index (χ0v) is 17.3. The minimum Gasteiger partial charge on any atom is -0.459 e. The van der Waals surface area contributed by atoms with Crippen LogP contribution in [0.15, 0.2) is 24.3 Å². The van der Waals surface area contributed by atoms with Gasteiger partial charge in [-0.1, -0.05) is 13.2 Å². The highest BCUT2D eigenvalue weighted by Crippen LogP contribution is 2.62. The van der Waals surface area contributed by atoms with Gasteiger partial charge in [0.1, 0.15) is 5.60 Å². The summed E-state index contributed by atoms with van der Waals surface area (Å²) in [6, 6.07) is 0. The van der Waals surface area contributed by atoms with Gasteiger partial charge < -0.3 is 9.47 Å². The second-order valence-electron chi connectivity index (χ2n) is 9.46. The van der Waals surface area contributed by atoms with Crippen molar-refractivity contribution in [2.45, 2.75) is 77.9 Å². The molecule has 4 fully saturated rings. The van der Waals surface area contributed by atoms with Crippen molar-refractivity contribution in [1.29, 1.82) is 0 Å². The van der Waals surface area contributed by atoms with Crippen LogP contribution in [0.25, 0.3) is 0 Å². The monoisotopic (exact) mass is 374 g/mol. The molecule has 4 nitrogen and oxygen atoms in total. The van der Waals surface area contributed by atoms with Gasteiger partial charge in [-0.15, -0.1) is 0 Å². The fourth-order valence-electron chi connectivity index (χ4n) is 5.97. The summed E-state index contributed by atoms with van der Waals surface area (Å²) < 4.78 is 11.5. The van der Waals surface area contributed by atoms with Crippen molar-refractivity contribution in [3.05, 3.63) is 24.3 Å². The Kier molecular flexibility index (Phi) is 5.56. The maximum Gasteiger partial charge on any atom is 0.333 e. The Morgan fingerprint density at radius 1 is 1.07 bits per heavy atom. The molecule has 0 heterocycles. The molecule has 0 spiro atoms. The molecule has 4 rings (SSSR count). The average Bonchev–Trinajstić information content (AvgIpc) is 2.58. The van der Waals surface area contributed by atoms with Crippen molar-refractivity contribution in [3.63, 3.8) is 0 Å². The highest BCUT2D eigenvalue weighted by atomic mass is 16.6. The van der Waals surface area contributed by atoms with Crippen LogP contribution in [0, 0.1) is 29.6 Å². The molecular weight excluding hydrogens is 340 g/mol. The first-order valence-corrected chi connectivity index (χ1v) is 10.4. The van der Waals surface area contributed by atoms with Gasteiger partial charge in [0.25, 0.3) is 0 Å². The molecule has 4 heteroatoms. The fourth-order valence-corrected chi connectivity index (χ4v) is 5.97. The zero-order valence-electron chi connectivity index (χ0n) is 17.3. The van der Waals surface area contributed by atoms with E-state index in [2.05, 4.69) is 20.1 Å². The second kappa shape index (κ2) is 7.44. The van der Waals surface area contributed by atoms with Gasteiger partial charge in [0, 0.05) is 17.1 Å². The van der Waals surface area contributed by atoms with Gasteiger partial charge in [0.05, 0.1) is 6.10 Å². The lowest BCUT2D eigenvalue weighted by atomic mass is 9.45. The molecule has 0 amide bonds. The molecule has 6 unspecified atom stereocenters. The summed E-state index contributed by atoms with van der Waals surface area (Å²) >= 11 is 0. The molecule has 4 aliphatic carbocycles. The normalized spacial score (nSPS) is 37.6. The Morgan fingerprint density at radius 3 is 2.37 bits per heavy atom. The summed E-state index contributed by atoms with van der Waals surface area (Å²) in [7, 11) is 0. The van der Waals surface area contributed by atoms with Crippen LogP contribution in [0.4, 0.5) is 0 Å². The first-order valence-electron chi connectivity index (χ1n) is 10.4. The van der Waals surface area contributed by atoms with Crippen LogP contribution in [0.2, 0.25) is 0 Å². The third-order valence-electron chi connectivity index (χ3n) is 7.32. The minimum absolute atomic E-state index is 0.115. The van der Waals surface area contributed by atoms with Gasteiger partial charge in [-0.05, 0) is 89.9 Å². The maximum absolute atomic E-state index is 12.3. The van der Waals surface area contributed by atoms with E-state index < -0.39 is 0 Å². The Morgan fingerprint density at radius 2 is 1.74 bits per heavy atom. The lowest BCUT2D eigenvalue weighted by Gasteiger charge is -2.62. The smallest absolute Gasteiger partial charge is 0.333 e. The lowest BCUT2D eigenvalue weighted by molar-refractivity contribution is -0.217. The number of ether oxygens (including phenoxy) is 2. The standard InChI is InChI=1S/C23H34O4/c1-13(2)21(24)26-15(5)7-8-19-17-9-16-10-18(12-17)23(6,20(19)11-16)27-22(25)14(3)4/h15-20H,1,3,7-12H2,2,4-6H3/t15?,16?,17?,18?,19?,20-,23?/m1/s1. The van der Waals surface area contributed by atoms with E-state index in [1.54, 1.807) is 13.8 Å². The SMILES string of the molecule is C=C(C)C(=O)OC(C)CCC1C2CC3CC(C2)C(C)(OC(=O)C(=C)C)[C@@H]1C3. The van der Waals surface area contributed by atoms with E-state index in [9.17, 15) is 9.59 Å². The molecule has 0 aromatic carbocycles. The van der Waals surface area contributed by atoms with E-state index in [0.717, 1.165) is 31.6 Å². The van der Waals surface area contributed by atoms with Gasteiger partial charge in [0.2, 0.25) is 0 Å². The van der Waals surface area contributed by atoms with E-state index in [1.807, 2.05) is 6.92 Å². The molecule has 4 saturated carbocycles. The third kappa shape index (κ3) is 3.86. The van der Waals surface area contributed by atoms with Crippen LogP contribution >= 0.6 is 0 Å². The quantitative estimate of drug-likeness (QED) is 0.473. The summed E-state index contributed by atoms with van der Waals surface area (Å²) in [6.45, 7) is 14.9. The molecule has 4 bridgehead atoms. The van der Waals surface area contributed by atoms with E-state index in [1.165, 1.54) is 12.8 Å². The van der Waals surface area contributed by atoms with Gasteiger partial charge in [-0.3, -0.25) is 0 Å². The third-order valence-corrected chi connectivity index (χ3v) is 7.32. The molecule has 27 heavy (non-hydrogen) atoms. The molecule has 0 aromatic rings. The Hall–Kier alpha value is -1.58. The van der Waals surface area contributed by atoms with Crippen LogP contribution in [0.1, 0.15) is 66.2 Å². The molecule has 4 aliphatic rings. The predicted octanol–water partition coefficient (Wildman–Crippen LogP) is 4.83. The van der Waals surface area contributed by atoms with Crippen LogP contribution in [0.5, 0.6) is 0 Å². The van der Waals surface area contributed by atoms with Crippen LogP contribution in [-0.2, 0) is 19.1 Å². The van der Waals surface area contributed by atoms with Crippen molar-refractivity contribution in [1.82, 2.24) is 0 Å². The van der Waals surface area contributed by atoms with Crippen LogP contribution in [0.3, 0.4) is 0 Å². The summed E-state index contributed by atoms with van der Waals surface area (Å²) in [5, 5.41) is 0. The van der Waals surface area contributed by atoms with Crippen LogP contribution in [-0.4, -0.2) is 23.6 Å². The van der Waals surface area contributed by atoms with Gasteiger partial charge >= 0.3 is 11.9 Å². The molecule has 0 aromatic heterocycles. The number of carbonyl (C=O) groups is 2. The van der Waals surface area contributed by atoms with Crippen molar-refractivity contribution in [2.24, 2.45) is 29.6 Å². The fraction of sp³-hybridized carbons (Fsp3) is 0.739. The molecule has 0 aliphatic heterocycles. The maximum atomic E-state index is 12.3. The topological polar surface area (TPSA) is 52.6 Å². The van der Waals surface area contributed by atoms with E-state index in [4.69, 9.17) is 9.47 Å².